The molecule has 3 aromatic carbocycles. The van der Waals surface area contributed by atoms with E-state index < -0.39 is 22.3 Å². The summed E-state index contributed by atoms with van der Waals surface area (Å²) in [5.41, 5.74) is 5.97. The number of rotatable bonds is 6. The van der Waals surface area contributed by atoms with Crippen LogP contribution in [-0.4, -0.2) is 36.3 Å². The number of carbonyl (C=O) groups is 1. The number of sulfonamides is 1. The third kappa shape index (κ3) is 4.83. The minimum Gasteiger partial charge on any atom is -0.423 e. The number of hydrogen-bond donors (Lipinski definition) is 2. The van der Waals surface area contributed by atoms with E-state index in [1.165, 1.54) is 9.79 Å². The van der Waals surface area contributed by atoms with Crippen LogP contribution in [0.2, 0.25) is 0 Å². The predicted octanol–water partition coefficient (Wildman–Crippen LogP) is 3.90. The van der Waals surface area contributed by atoms with Gasteiger partial charge in [0.05, 0.1) is 5.75 Å². The molecule has 0 fully saturated rings. The van der Waals surface area contributed by atoms with Crippen molar-refractivity contribution >= 4 is 16.1 Å². The van der Waals surface area contributed by atoms with Crippen LogP contribution in [0.4, 0.5) is 4.79 Å². The molecule has 1 amide bonds. The number of fused-ring (bicyclic) bond motifs is 1. The highest BCUT2D eigenvalue weighted by Gasteiger charge is 2.37. The number of aryl methyl sites for hydroxylation is 1. The quantitative estimate of drug-likeness (QED) is 0.437. The Morgan fingerprint density at radius 2 is 1.62 bits per heavy atom. The highest BCUT2D eigenvalue weighted by Crippen LogP contribution is 2.33. The molecule has 0 radical (unpaired) electrons. The van der Waals surface area contributed by atoms with Crippen LogP contribution in [0.5, 0.6) is 0 Å². The molecule has 0 saturated heterocycles. The van der Waals surface area contributed by atoms with Crippen LogP contribution < -0.4 is 5.48 Å². The van der Waals surface area contributed by atoms with Crippen LogP contribution in [0.3, 0.4) is 0 Å². The molecule has 2 N–H and O–H groups in total. The molecular weight excluding hydrogens is 428 g/mol. The number of hydroxylamine groups is 1. The maximum atomic E-state index is 13.2. The Bertz CT molecular complexity index is 1180. The zero-order chi connectivity index (χ0) is 22.6. The smallest absolute Gasteiger partial charge is 0.423 e. The van der Waals surface area contributed by atoms with Crippen LogP contribution in [0, 0.1) is 0 Å². The fourth-order valence-corrected chi connectivity index (χ4v) is 5.45. The molecule has 1 aliphatic heterocycles. The SMILES string of the molecule is O=C(NO)OC1c2ccccc2CCN1S(=O)(=O)CCc1ccc(-c2ccccc2)cc1. The van der Waals surface area contributed by atoms with Gasteiger partial charge in [-0.05, 0) is 35.1 Å². The van der Waals surface area contributed by atoms with Crippen molar-refractivity contribution < 1.29 is 23.2 Å². The predicted molar refractivity (Wildman–Crippen MR) is 120 cm³/mol. The van der Waals surface area contributed by atoms with Crippen molar-refractivity contribution in [1.29, 1.82) is 0 Å². The Kier molecular flexibility index (Phi) is 6.55. The van der Waals surface area contributed by atoms with Crippen LogP contribution in [-0.2, 0) is 27.6 Å². The molecule has 3 aromatic rings. The van der Waals surface area contributed by atoms with Crippen LogP contribution in [0.15, 0.2) is 78.9 Å². The Labute approximate surface area is 187 Å². The highest BCUT2D eigenvalue weighted by atomic mass is 32.2. The first kappa shape index (κ1) is 22.0. The number of hydrogen-bond acceptors (Lipinski definition) is 5. The van der Waals surface area contributed by atoms with E-state index in [1.54, 1.807) is 12.1 Å². The molecule has 32 heavy (non-hydrogen) atoms. The molecule has 1 unspecified atom stereocenters. The Balaban J connectivity index is 1.50. The molecule has 166 valence electrons. The zero-order valence-corrected chi connectivity index (χ0v) is 18.2. The van der Waals surface area contributed by atoms with Crippen molar-refractivity contribution in [2.45, 2.75) is 19.1 Å². The van der Waals surface area contributed by atoms with E-state index in [4.69, 9.17) is 9.94 Å². The highest BCUT2D eigenvalue weighted by molar-refractivity contribution is 7.89. The Hall–Kier alpha value is -3.20. The summed E-state index contributed by atoms with van der Waals surface area (Å²) in [6.07, 6.45) is -1.39. The van der Waals surface area contributed by atoms with Gasteiger partial charge in [-0.1, -0.05) is 78.9 Å². The normalized spacial score (nSPS) is 16.2. The van der Waals surface area contributed by atoms with Crippen molar-refractivity contribution in [3.05, 3.63) is 95.6 Å². The van der Waals surface area contributed by atoms with Gasteiger partial charge in [-0.2, -0.15) is 4.31 Å². The second kappa shape index (κ2) is 9.52. The third-order valence-electron chi connectivity index (χ3n) is 5.56. The van der Waals surface area contributed by atoms with Crippen LogP contribution in [0.1, 0.15) is 22.9 Å². The lowest BCUT2D eigenvalue weighted by Crippen LogP contribution is -2.44. The van der Waals surface area contributed by atoms with E-state index in [1.807, 2.05) is 66.7 Å². The largest absolute Gasteiger partial charge is 0.432 e. The number of nitrogens with one attached hydrogen (secondary N) is 1. The minimum atomic E-state index is -3.74. The van der Waals surface area contributed by atoms with Crippen molar-refractivity contribution in [1.82, 2.24) is 9.79 Å². The van der Waals surface area contributed by atoms with Gasteiger partial charge in [0, 0.05) is 12.1 Å². The number of amides is 1. The number of nitrogens with zero attached hydrogens (tertiary/aromatic N) is 1. The van der Waals surface area contributed by atoms with Gasteiger partial charge in [0.15, 0.2) is 6.23 Å². The molecule has 1 aliphatic rings. The fraction of sp³-hybridized carbons (Fsp3) is 0.208. The molecule has 4 rings (SSSR count). The van der Waals surface area contributed by atoms with Gasteiger partial charge in [0.2, 0.25) is 10.0 Å². The van der Waals surface area contributed by atoms with E-state index in [2.05, 4.69) is 0 Å². The number of ether oxygens (including phenoxy) is 1. The summed E-state index contributed by atoms with van der Waals surface area (Å²) in [6, 6.07) is 25.0. The molecule has 8 heteroatoms. The average Bonchev–Trinajstić information content (AvgIpc) is 2.83. The van der Waals surface area contributed by atoms with Crippen LogP contribution in [0.25, 0.3) is 11.1 Å². The van der Waals surface area contributed by atoms with Crippen molar-refractivity contribution in [2.24, 2.45) is 0 Å². The average molecular weight is 453 g/mol. The molecule has 1 heterocycles. The summed E-state index contributed by atoms with van der Waals surface area (Å²) in [6.45, 7) is 0.190. The van der Waals surface area contributed by atoms with Gasteiger partial charge in [-0.25, -0.2) is 18.7 Å². The van der Waals surface area contributed by atoms with Gasteiger partial charge in [0.25, 0.3) is 0 Å². The summed E-state index contributed by atoms with van der Waals surface area (Å²) in [4.78, 5) is 11.7. The molecule has 0 saturated carbocycles. The number of carbonyl (C=O) groups excluding carboxylic acids is 1. The van der Waals surface area contributed by atoms with Gasteiger partial charge >= 0.3 is 6.09 Å². The molecule has 0 bridgehead atoms. The lowest BCUT2D eigenvalue weighted by Gasteiger charge is -2.35. The van der Waals surface area contributed by atoms with Crippen molar-refractivity contribution in [3.63, 3.8) is 0 Å². The fourth-order valence-electron chi connectivity index (χ4n) is 3.90. The van der Waals surface area contributed by atoms with Gasteiger partial charge < -0.3 is 4.74 Å². The van der Waals surface area contributed by atoms with E-state index in [0.717, 1.165) is 22.3 Å². The van der Waals surface area contributed by atoms with E-state index >= 15 is 0 Å². The second-order valence-electron chi connectivity index (χ2n) is 7.56. The monoisotopic (exact) mass is 452 g/mol. The summed E-state index contributed by atoms with van der Waals surface area (Å²) in [5.74, 6) is -0.125. The molecule has 0 spiro atoms. The number of benzene rings is 3. The third-order valence-corrected chi connectivity index (χ3v) is 7.37. The molecule has 7 nitrogen and oxygen atoms in total. The molecule has 0 aromatic heterocycles. The van der Waals surface area contributed by atoms with E-state index in [-0.39, 0.29) is 12.3 Å². The summed E-state index contributed by atoms with van der Waals surface area (Å²) in [7, 11) is -3.74. The lowest BCUT2D eigenvalue weighted by atomic mass is 10.00. The molecule has 1 atom stereocenters. The topological polar surface area (TPSA) is 95.9 Å². The molecule has 0 aliphatic carbocycles. The minimum absolute atomic E-state index is 0.125. The standard InChI is InChI=1S/C24H24N2O5S/c27-24(25-28)31-23-22-9-5-4-8-21(22)14-16-26(23)32(29,30)17-15-18-10-12-20(13-11-18)19-6-2-1-3-7-19/h1-13,23,28H,14-17H2,(H,25,27). The van der Waals surface area contributed by atoms with E-state index in [0.29, 0.717) is 18.4 Å². The first-order valence-corrected chi connectivity index (χ1v) is 11.9. The summed E-state index contributed by atoms with van der Waals surface area (Å²) >= 11 is 0. The van der Waals surface area contributed by atoms with Crippen molar-refractivity contribution in [2.75, 3.05) is 12.3 Å². The van der Waals surface area contributed by atoms with Gasteiger partial charge in [-0.15, -0.1) is 0 Å². The van der Waals surface area contributed by atoms with E-state index in [9.17, 15) is 13.2 Å². The molecular formula is C24H24N2O5S. The Morgan fingerprint density at radius 3 is 2.34 bits per heavy atom. The summed E-state index contributed by atoms with van der Waals surface area (Å²) in [5, 5.41) is 8.87. The second-order valence-corrected chi connectivity index (χ2v) is 9.60. The zero-order valence-electron chi connectivity index (χ0n) is 17.3. The van der Waals surface area contributed by atoms with Crippen molar-refractivity contribution in [3.8, 4) is 11.1 Å². The lowest BCUT2D eigenvalue weighted by molar-refractivity contribution is 0.00239. The van der Waals surface area contributed by atoms with Gasteiger partial charge in [-0.3, -0.25) is 5.21 Å². The maximum Gasteiger partial charge on any atom is 0.432 e. The first-order valence-electron chi connectivity index (χ1n) is 10.3. The maximum absolute atomic E-state index is 13.2. The Morgan fingerprint density at radius 1 is 0.969 bits per heavy atom. The first-order chi connectivity index (χ1) is 15.5. The summed E-state index contributed by atoms with van der Waals surface area (Å²) < 4.78 is 32.8. The van der Waals surface area contributed by atoms with Crippen LogP contribution >= 0.6 is 0 Å². The van der Waals surface area contributed by atoms with Gasteiger partial charge in [0.1, 0.15) is 0 Å².